The van der Waals surface area contributed by atoms with E-state index in [9.17, 15) is 13.2 Å². The Morgan fingerprint density at radius 2 is 1.86 bits per heavy atom. The molecule has 21 heavy (non-hydrogen) atoms. The third kappa shape index (κ3) is 3.91. The number of halogens is 4. The van der Waals surface area contributed by atoms with Crippen LogP contribution in [0.3, 0.4) is 0 Å². The Hall–Kier alpha value is -1.69. The van der Waals surface area contributed by atoms with Gasteiger partial charge in [-0.05, 0) is 42.8 Å². The van der Waals surface area contributed by atoms with Crippen LogP contribution < -0.4 is 11.1 Å². The number of rotatable bonds is 3. The minimum atomic E-state index is -4.42. The van der Waals surface area contributed by atoms with E-state index in [0.29, 0.717) is 10.2 Å². The predicted molar refractivity (Wildman–Crippen MR) is 82.0 cm³/mol. The van der Waals surface area contributed by atoms with Gasteiger partial charge in [-0.25, -0.2) is 0 Å². The number of hydrogen-bond donors (Lipinski definition) is 2. The molecule has 2 nitrogen and oxygen atoms in total. The maximum atomic E-state index is 13.1. The van der Waals surface area contributed by atoms with Gasteiger partial charge in [0.15, 0.2) is 0 Å². The van der Waals surface area contributed by atoms with Gasteiger partial charge >= 0.3 is 6.18 Å². The highest BCUT2D eigenvalue weighted by Crippen LogP contribution is 2.37. The topological polar surface area (TPSA) is 38.0 Å². The molecule has 0 aliphatic rings. The summed E-state index contributed by atoms with van der Waals surface area (Å²) in [6.45, 7) is 1.79. The SMILES string of the molecule is CC(Nc1ccc(Br)cc1C(F)(F)F)c1cccc(N)c1. The second-order valence-electron chi connectivity index (χ2n) is 4.72. The lowest BCUT2D eigenvalue weighted by Crippen LogP contribution is -2.13. The maximum absolute atomic E-state index is 13.1. The molecule has 0 aliphatic heterocycles. The molecule has 0 saturated carbocycles. The van der Waals surface area contributed by atoms with Crippen molar-refractivity contribution in [3.63, 3.8) is 0 Å². The molecular formula is C15H14BrF3N2. The number of benzene rings is 2. The first-order chi connectivity index (χ1) is 9.77. The Labute approximate surface area is 129 Å². The number of alkyl halides is 3. The van der Waals surface area contributed by atoms with Crippen LogP contribution in [-0.2, 0) is 6.18 Å². The average molecular weight is 359 g/mol. The van der Waals surface area contributed by atoms with E-state index in [1.54, 1.807) is 31.2 Å². The van der Waals surface area contributed by atoms with E-state index in [2.05, 4.69) is 21.2 Å². The third-order valence-corrected chi connectivity index (χ3v) is 3.56. The van der Waals surface area contributed by atoms with Gasteiger partial charge in [-0.2, -0.15) is 13.2 Å². The van der Waals surface area contributed by atoms with Crippen LogP contribution >= 0.6 is 15.9 Å². The summed E-state index contributed by atoms with van der Waals surface area (Å²) in [7, 11) is 0. The fourth-order valence-electron chi connectivity index (χ4n) is 2.02. The van der Waals surface area contributed by atoms with Crippen LogP contribution in [0.5, 0.6) is 0 Å². The summed E-state index contributed by atoms with van der Waals surface area (Å²) < 4.78 is 39.6. The lowest BCUT2D eigenvalue weighted by atomic mass is 10.1. The van der Waals surface area contributed by atoms with Crippen molar-refractivity contribution in [2.45, 2.75) is 19.1 Å². The standard InChI is InChI=1S/C15H14BrF3N2/c1-9(10-3-2-4-12(20)7-10)21-14-6-5-11(16)8-13(14)15(17,18)19/h2-9,21H,20H2,1H3. The summed E-state index contributed by atoms with van der Waals surface area (Å²) in [5.74, 6) is 0. The highest BCUT2D eigenvalue weighted by atomic mass is 79.9. The number of nitrogens with two attached hydrogens (primary N) is 1. The summed E-state index contributed by atoms with van der Waals surface area (Å²) >= 11 is 3.07. The Balaban J connectivity index is 2.31. The molecule has 0 aromatic heterocycles. The van der Waals surface area contributed by atoms with E-state index in [4.69, 9.17) is 5.73 Å². The van der Waals surface area contributed by atoms with Gasteiger partial charge in [-0.15, -0.1) is 0 Å². The smallest absolute Gasteiger partial charge is 0.399 e. The first-order valence-corrected chi connectivity index (χ1v) is 7.05. The fourth-order valence-corrected chi connectivity index (χ4v) is 2.38. The average Bonchev–Trinajstić information content (AvgIpc) is 2.39. The maximum Gasteiger partial charge on any atom is 0.418 e. The molecule has 6 heteroatoms. The van der Waals surface area contributed by atoms with Crippen LogP contribution in [0.15, 0.2) is 46.9 Å². The number of hydrogen-bond acceptors (Lipinski definition) is 2. The normalized spacial score (nSPS) is 13.0. The molecule has 2 aromatic carbocycles. The molecule has 1 atom stereocenters. The summed E-state index contributed by atoms with van der Waals surface area (Å²) in [5, 5.41) is 2.89. The lowest BCUT2D eigenvalue weighted by Gasteiger charge is -2.20. The predicted octanol–water partition coefficient (Wildman–Crippen LogP) is 5.22. The molecule has 3 N–H and O–H groups in total. The van der Waals surface area contributed by atoms with Crippen molar-refractivity contribution in [2.75, 3.05) is 11.1 Å². The van der Waals surface area contributed by atoms with Gasteiger partial charge in [0, 0.05) is 21.9 Å². The van der Waals surface area contributed by atoms with Crippen LogP contribution in [0.1, 0.15) is 24.1 Å². The molecule has 0 aliphatic carbocycles. The van der Waals surface area contributed by atoms with E-state index in [0.717, 1.165) is 11.6 Å². The van der Waals surface area contributed by atoms with E-state index < -0.39 is 11.7 Å². The lowest BCUT2D eigenvalue weighted by molar-refractivity contribution is -0.137. The van der Waals surface area contributed by atoms with Crippen LogP contribution in [0.25, 0.3) is 0 Å². The molecule has 0 radical (unpaired) electrons. The Kier molecular flexibility index (Phi) is 4.46. The summed E-state index contributed by atoms with van der Waals surface area (Å²) in [6.07, 6.45) is -4.42. The molecule has 2 aromatic rings. The van der Waals surface area contributed by atoms with Gasteiger partial charge in [0.2, 0.25) is 0 Å². The van der Waals surface area contributed by atoms with Crippen molar-refractivity contribution in [1.29, 1.82) is 0 Å². The Morgan fingerprint density at radius 1 is 1.14 bits per heavy atom. The Morgan fingerprint density at radius 3 is 2.48 bits per heavy atom. The third-order valence-electron chi connectivity index (χ3n) is 3.07. The molecule has 0 saturated heterocycles. The molecule has 0 spiro atoms. The van der Waals surface area contributed by atoms with Gasteiger partial charge in [0.25, 0.3) is 0 Å². The van der Waals surface area contributed by atoms with Crippen molar-refractivity contribution >= 4 is 27.3 Å². The monoisotopic (exact) mass is 358 g/mol. The van der Waals surface area contributed by atoms with Gasteiger partial charge < -0.3 is 11.1 Å². The minimum Gasteiger partial charge on any atom is -0.399 e. The quantitative estimate of drug-likeness (QED) is 0.737. The van der Waals surface area contributed by atoms with E-state index in [-0.39, 0.29) is 11.7 Å². The zero-order valence-corrected chi connectivity index (χ0v) is 12.8. The van der Waals surface area contributed by atoms with Crippen LogP contribution in [0, 0.1) is 0 Å². The van der Waals surface area contributed by atoms with Crippen LogP contribution in [0.4, 0.5) is 24.5 Å². The van der Waals surface area contributed by atoms with Gasteiger partial charge in [0.1, 0.15) is 0 Å². The number of nitrogens with one attached hydrogen (secondary N) is 1. The van der Waals surface area contributed by atoms with Crippen molar-refractivity contribution in [3.05, 3.63) is 58.1 Å². The van der Waals surface area contributed by atoms with Crippen molar-refractivity contribution in [3.8, 4) is 0 Å². The number of nitrogen functional groups attached to an aromatic ring is 1. The highest BCUT2D eigenvalue weighted by molar-refractivity contribution is 9.10. The highest BCUT2D eigenvalue weighted by Gasteiger charge is 2.34. The van der Waals surface area contributed by atoms with Gasteiger partial charge in [0.05, 0.1) is 5.56 Å². The molecule has 0 heterocycles. The summed E-state index contributed by atoms with van der Waals surface area (Å²) in [4.78, 5) is 0. The molecule has 0 amide bonds. The molecule has 112 valence electrons. The van der Waals surface area contributed by atoms with Gasteiger partial charge in [-0.1, -0.05) is 28.1 Å². The van der Waals surface area contributed by atoms with E-state index in [1.807, 2.05) is 6.07 Å². The molecular weight excluding hydrogens is 345 g/mol. The zero-order chi connectivity index (χ0) is 15.6. The second kappa shape index (κ2) is 5.97. The summed E-state index contributed by atoms with van der Waals surface area (Å²) in [6, 6.07) is 10.8. The second-order valence-corrected chi connectivity index (χ2v) is 5.64. The van der Waals surface area contributed by atoms with Crippen molar-refractivity contribution < 1.29 is 13.2 Å². The van der Waals surface area contributed by atoms with Crippen molar-refractivity contribution in [2.24, 2.45) is 0 Å². The first kappa shape index (κ1) is 15.7. The molecule has 0 fully saturated rings. The molecule has 0 bridgehead atoms. The minimum absolute atomic E-state index is 0.0422. The molecule has 2 rings (SSSR count). The van der Waals surface area contributed by atoms with E-state index in [1.165, 1.54) is 6.07 Å². The first-order valence-electron chi connectivity index (χ1n) is 6.26. The Bertz CT molecular complexity index is 641. The number of anilines is 2. The van der Waals surface area contributed by atoms with Crippen LogP contribution in [0.2, 0.25) is 0 Å². The van der Waals surface area contributed by atoms with E-state index >= 15 is 0 Å². The molecule has 1 unspecified atom stereocenters. The van der Waals surface area contributed by atoms with Crippen molar-refractivity contribution in [1.82, 2.24) is 0 Å². The largest absolute Gasteiger partial charge is 0.418 e. The fraction of sp³-hybridized carbons (Fsp3) is 0.200. The zero-order valence-electron chi connectivity index (χ0n) is 11.2. The van der Waals surface area contributed by atoms with Gasteiger partial charge in [-0.3, -0.25) is 0 Å². The van der Waals surface area contributed by atoms with Crippen LogP contribution in [-0.4, -0.2) is 0 Å². The summed E-state index contributed by atoms with van der Waals surface area (Å²) in [5.41, 5.74) is 6.44.